The topological polar surface area (TPSA) is 26.3 Å². The van der Waals surface area contributed by atoms with E-state index in [1.165, 1.54) is 6.08 Å². The molecule has 0 unspecified atom stereocenters. The molecule has 2 nitrogen and oxygen atoms in total. The van der Waals surface area contributed by atoms with Gasteiger partial charge in [-0.15, -0.1) is 0 Å². The summed E-state index contributed by atoms with van der Waals surface area (Å²) < 4.78 is 5.51. The average Bonchev–Trinajstić information content (AvgIpc) is 2.46. The minimum Gasteiger partial charge on any atom is -0.493 e. The molecule has 0 aliphatic carbocycles. The molecule has 0 fully saturated rings. The van der Waals surface area contributed by atoms with E-state index in [0.29, 0.717) is 22.2 Å². The largest absolute Gasteiger partial charge is 0.493 e. The molecule has 2 aromatic carbocycles. The fraction of sp³-hybridized carbons (Fsp3) is 0.118. The Morgan fingerprint density at radius 3 is 2.67 bits per heavy atom. The van der Waals surface area contributed by atoms with Crippen molar-refractivity contribution < 1.29 is 9.53 Å². The summed E-state index contributed by atoms with van der Waals surface area (Å²) in [6, 6.07) is 12.3. The standard InChI is InChI=1S/C17H14Cl2O2/c1-2-21-17-6-4-3-5-12(17)7-10-16(20)14-9-8-13(18)11-15(14)19/h3-11H,2H2,1H3/b10-7+. The van der Waals surface area contributed by atoms with Crippen LogP contribution in [0.4, 0.5) is 0 Å². The summed E-state index contributed by atoms with van der Waals surface area (Å²) in [5.41, 5.74) is 1.27. The molecule has 4 heteroatoms. The number of ether oxygens (including phenoxy) is 1. The monoisotopic (exact) mass is 320 g/mol. The molecular weight excluding hydrogens is 307 g/mol. The van der Waals surface area contributed by atoms with Gasteiger partial charge in [-0.25, -0.2) is 0 Å². The van der Waals surface area contributed by atoms with E-state index in [1.54, 1.807) is 24.3 Å². The lowest BCUT2D eigenvalue weighted by Crippen LogP contribution is -1.96. The van der Waals surface area contributed by atoms with Crippen molar-refractivity contribution in [3.63, 3.8) is 0 Å². The summed E-state index contributed by atoms with van der Waals surface area (Å²) in [5, 5.41) is 0.845. The first-order chi connectivity index (χ1) is 10.1. The third-order valence-corrected chi connectivity index (χ3v) is 3.38. The molecule has 0 N–H and O–H groups in total. The van der Waals surface area contributed by atoms with Crippen molar-refractivity contribution >= 4 is 35.1 Å². The van der Waals surface area contributed by atoms with Gasteiger partial charge in [0.2, 0.25) is 0 Å². The molecule has 0 amide bonds. The Balaban J connectivity index is 2.23. The van der Waals surface area contributed by atoms with Crippen LogP contribution in [0, 0.1) is 0 Å². The van der Waals surface area contributed by atoms with E-state index in [-0.39, 0.29) is 5.78 Å². The van der Waals surface area contributed by atoms with Gasteiger partial charge in [0.1, 0.15) is 5.75 Å². The first-order valence-corrected chi connectivity index (χ1v) is 7.26. The predicted octanol–water partition coefficient (Wildman–Crippen LogP) is 5.29. The van der Waals surface area contributed by atoms with Crippen LogP contribution in [-0.2, 0) is 0 Å². The number of carbonyl (C=O) groups excluding carboxylic acids is 1. The van der Waals surface area contributed by atoms with Gasteiger partial charge in [0.15, 0.2) is 5.78 Å². The van der Waals surface area contributed by atoms with Crippen LogP contribution in [0.5, 0.6) is 5.75 Å². The normalized spacial score (nSPS) is 10.8. The SMILES string of the molecule is CCOc1ccccc1/C=C/C(=O)c1ccc(Cl)cc1Cl. The molecule has 0 spiro atoms. The van der Waals surface area contributed by atoms with Crippen molar-refractivity contribution in [2.45, 2.75) is 6.92 Å². The van der Waals surface area contributed by atoms with Gasteiger partial charge in [-0.05, 0) is 43.3 Å². The summed E-state index contributed by atoms with van der Waals surface area (Å²) in [6.07, 6.45) is 3.20. The van der Waals surface area contributed by atoms with Crippen LogP contribution in [0.15, 0.2) is 48.5 Å². The highest BCUT2D eigenvalue weighted by Gasteiger charge is 2.08. The minimum absolute atomic E-state index is 0.178. The molecule has 2 rings (SSSR count). The van der Waals surface area contributed by atoms with E-state index >= 15 is 0 Å². The van der Waals surface area contributed by atoms with E-state index in [1.807, 2.05) is 31.2 Å². The molecule has 0 aliphatic rings. The fourth-order valence-electron chi connectivity index (χ4n) is 1.85. The van der Waals surface area contributed by atoms with E-state index in [0.717, 1.165) is 11.3 Å². The molecule has 108 valence electrons. The molecule has 0 aliphatic heterocycles. The molecule has 0 atom stereocenters. The number of hydrogen-bond acceptors (Lipinski definition) is 2. The van der Waals surface area contributed by atoms with Crippen molar-refractivity contribution in [2.75, 3.05) is 6.61 Å². The first kappa shape index (κ1) is 15.6. The molecule has 0 saturated heterocycles. The summed E-state index contributed by atoms with van der Waals surface area (Å²) in [4.78, 5) is 12.2. The second-order valence-electron chi connectivity index (χ2n) is 4.29. The van der Waals surface area contributed by atoms with E-state index < -0.39 is 0 Å². The van der Waals surface area contributed by atoms with Gasteiger partial charge in [-0.3, -0.25) is 4.79 Å². The first-order valence-electron chi connectivity index (χ1n) is 6.51. The van der Waals surface area contributed by atoms with Crippen LogP contribution in [0.25, 0.3) is 6.08 Å². The van der Waals surface area contributed by atoms with E-state index in [2.05, 4.69) is 0 Å². The van der Waals surface area contributed by atoms with Gasteiger partial charge < -0.3 is 4.74 Å². The molecule has 0 heterocycles. The van der Waals surface area contributed by atoms with Crippen LogP contribution in [-0.4, -0.2) is 12.4 Å². The van der Waals surface area contributed by atoms with Gasteiger partial charge >= 0.3 is 0 Å². The zero-order valence-electron chi connectivity index (χ0n) is 11.5. The number of allylic oxidation sites excluding steroid dienone is 1. The summed E-state index contributed by atoms with van der Waals surface area (Å²) in [6.45, 7) is 2.49. The van der Waals surface area contributed by atoms with Crippen molar-refractivity contribution in [2.24, 2.45) is 0 Å². The number of rotatable bonds is 5. The van der Waals surface area contributed by atoms with Gasteiger partial charge in [-0.1, -0.05) is 41.4 Å². The second-order valence-corrected chi connectivity index (χ2v) is 5.14. The number of hydrogen-bond donors (Lipinski definition) is 0. The molecule has 0 aromatic heterocycles. The molecule has 0 saturated carbocycles. The highest BCUT2D eigenvalue weighted by molar-refractivity contribution is 6.37. The Bertz CT molecular complexity index is 678. The molecule has 0 radical (unpaired) electrons. The van der Waals surface area contributed by atoms with Crippen molar-refractivity contribution in [3.05, 3.63) is 69.7 Å². The van der Waals surface area contributed by atoms with Crippen LogP contribution in [0.3, 0.4) is 0 Å². The maximum Gasteiger partial charge on any atom is 0.187 e. The van der Waals surface area contributed by atoms with Gasteiger partial charge in [0, 0.05) is 16.1 Å². The highest BCUT2D eigenvalue weighted by Crippen LogP contribution is 2.23. The highest BCUT2D eigenvalue weighted by atomic mass is 35.5. The van der Waals surface area contributed by atoms with Crippen LogP contribution in [0.1, 0.15) is 22.8 Å². The summed E-state index contributed by atoms with van der Waals surface area (Å²) in [5.74, 6) is 0.564. The number of para-hydroxylation sites is 1. The Morgan fingerprint density at radius 2 is 1.95 bits per heavy atom. The quantitative estimate of drug-likeness (QED) is 0.552. The lowest BCUT2D eigenvalue weighted by Gasteiger charge is -2.06. The van der Waals surface area contributed by atoms with Gasteiger partial charge in [0.05, 0.1) is 11.6 Å². The van der Waals surface area contributed by atoms with Gasteiger partial charge in [-0.2, -0.15) is 0 Å². The third-order valence-electron chi connectivity index (χ3n) is 2.83. The predicted molar refractivity (Wildman–Crippen MR) is 87.4 cm³/mol. The molecule has 0 bridgehead atoms. The maximum atomic E-state index is 12.2. The lowest BCUT2D eigenvalue weighted by molar-refractivity contribution is 0.104. The van der Waals surface area contributed by atoms with Crippen molar-refractivity contribution in [1.82, 2.24) is 0 Å². The lowest BCUT2D eigenvalue weighted by atomic mass is 10.1. The fourth-order valence-corrected chi connectivity index (χ4v) is 2.35. The maximum absolute atomic E-state index is 12.2. The Morgan fingerprint density at radius 1 is 1.19 bits per heavy atom. The zero-order valence-corrected chi connectivity index (χ0v) is 13.0. The number of carbonyl (C=O) groups is 1. The second kappa shape index (κ2) is 7.30. The number of ketones is 1. The van der Waals surface area contributed by atoms with Crippen molar-refractivity contribution in [1.29, 1.82) is 0 Å². The molecule has 21 heavy (non-hydrogen) atoms. The van der Waals surface area contributed by atoms with Crippen LogP contribution >= 0.6 is 23.2 Å². The average molecular weight is 321 g/mol. The Kier molecular flexibility index (Phi) is 5.43. The number of halogens is 2. The smallest absolute Gasteiger partial charge is 0.187 e. The number of benzene rings is 2. The van der Waals surface area contributed by atoms with E-state index in [9.17, 15) is 4.79 Å². The molecular formula is C17H14Cl2O2. The summed E-state index contributed by atoms with van der Waals surface area (Å²) >= 11 is 11.8. The van der Waals surface area contributed by atoms with Crippen molar-refractivity contribution in [3.8, 4) is 5.75 Å². The Labute approximate surface area is 134 Å². The molecule has 2 aromatic rings. The van der Waals surface area contributed by atoms with Crippen LogP contribution in [0.2, 0.25) is 10.0 Å². The minimum atomic E-state index is -0.178. The van der Waals surface area contributed by atoms with Gasteiger partial charge in [0.25, 0.3) is 0 Å². The summed E-state index contributed by atoms with van der Waals surface area (Å²) in [7, 11) is 0. The Hall–Kier alpha value is -1.77. The third kappa shape index (κ3) is 4.10. The van der Waals surface area contributed by atoms with E-state index in [4.69, 9.17) is 27.9 Å². The van der Waals surface area contributed by atoms with Crippen LogP contribution < -0.4 is 4.74 Å². The zero-order chi connectivity index (χ0) is 15.2.